The molecule has 0 spiro atoms. The summed E-state index contributed by atoms with van der Waals surface area (Å²) in [6.07, 6.45) is 0.846. The molecular weight excluding hydrogens is 260 g/mol. The van der Waals surface area contributed by atoms with Gasteiger partial charge in [-0.1, -0.05) is 36.4 Å². The summed E-state index contributed by atoms with van der Waals surface area (Å²) in [5.74, 6) is 0.00753. The van der Waals surface area contributed by atoms with Crippen LogP contribution in [0.3, 0.4) is 0 Å². The van der Waals surface area contributed by atoms with E-state index in [0.717, 1.165) is 25.1 Å². The molecule has 21 heavy (non-hydrogen) atoms. The quantitative estimate of drug-likeness (QED) is 0.904. The third kappa shape index (κ3) is 3.31. The Hall–Kier alpha value is -2.13. The fraction of sp³-hybridized carbons (Fsp3) is 0.278. The summed E-state index contributed by atoms with van der Waals surface area (Å²) in [6, 6.07) is 16.3. The maximum atomic E-state index is 12.3. The molecule has 0 fully saturated rings. The van der Waals surface area contributed by atoms with Crippen LogP contribution in [0.4, 0.5) is 0 Å². The van der Waals surface area contributed by atoms with E-state index in [0.29, 0.717) is 0 Å². The summed E-state index contributed by atoms with van der Waals surface area (Å²) >= 11 is 0. The van der Waals surface area contributed by atoms with Crippen LogP contribution >= 0.6 is 0 Å². The van der Waals surface area contributed by atoms with Gasteiger partial charge in [0, 0.05) is 24.7 Å². The highest BCUT2D eigenvalue weighted by Gasteiger charge is 2.15. The molecule has 0 saturated carbocycles. The highest BCUT2D eigenvalue weighted by molar-refractivity contribution is 5.94. The zero-order valence-electron chi connectivity index (χ0n) is 12.2. The first-order valence-corrected chi connectivity index (χ1v) is 7.39. The number of hydrogen-bond donors (Lipinski definition) is 2. The number of nitrogens with one attached hydrogen (secondary N) is 2. The fourth-order valence-electron chi connectivity index (χ4n) is 2.76. The van der Waals surface area contributed by atoms with Crippen molar-refractivity contribution in [2.45, 2.75) is 32.5 Å². The van der Waals surface area contributed by atoms with Crippen molar-refractivity contribution in [1.29, 1.82) is 0 Å². The van der Waals surface area contributed by atoms with Gasteiger partial charge in [-0.3, -0.25) is 4.79 Å². The zero-order chi connectivity index (χ0) is 14.7. The van der Waals surface area contributed by atoms with Gasteiger partial charge in [0.2, 0.25) is 0 Å². The molecule has 1 unspecified atom stereocenters. The van der Waals surface area contributed by atoms with Gasteiger partial charge in [0.05, 0.1) is 0 Å². The van der Waals surface area contributed by atoms with Crippen molar-refractivity contribution in [2.75, 3.05) is 0 Å². The standard InChI is InChI=1S/C18H20N2O/c1-13(9-14-5-3-2-4-6-14)20-18(21)15-7-8-16-11-19-12-17(16)10-15/h2-8,10,13,19H,9,11-12H2,1H3,(H,20,21). The third-order valence-corrected chi connectivity index (χ3v) is 3.86. The number of carbonyl (C=O) groups is 1. The second-order valence-corrected chi connectivity index (χ2v) is 5.65. The van der Waals surface area contributed by atoms with Crippen LogP contribution in [0.15, 0.2) is 48.5 Å². The average Bonchev–Trinajstić information content (AvgIpc) is 2.95. The Kier molecular flexibility index (Phi) is 4.02. The molecule has 1 aliphatic rings. The first kappa shape index (κ1) is 13.8. The molecule has 3 heteroatoms. The second kappa shape index (κ2) is 6.10. The Bertz CT molecular complexity index is 637. The molecule has 0 saturated heterocycles. The molecule has 0 aliphatic carbocycles. The van der Waals surface area contributed by atoms with E-state index >= 15 is 0 Å². The molecule has 2 aromatic carbocycles. The largest absolute Gasteiger partial charge is 0.349 e. The number of benzene rings is 2. The van der Waals surface area contributed by atoms with E-state index in [9.17, 15) is 4.79 Å². The molecule has 1 atom stereocenters. The van der Waals surface area contributed by atoms with Crippen LogP contribution in [0.1, 0.15) is 34.0 Å². The van der Waals surface area contributed by atoms with Gasteiger partial charge in [0.15, 0.2) is 0 Å². The molecule has 108 valence electrons. The Balaban J connectivity index is 1.63. The summed E-state index contributed by atoms with van der Waals surface area (Å²) in [5.41, 5.74) is 4.52. The second-order valence-electron chi connectivity index (χ2n) is 5.65. The first-order valence-electron chi connectivity index (χ1n) is 7.39. The molecule has 1 aliphatic heterocycles. The Morgan fingerprint density at radius 1 is 1.14 bits per heavy atom. The maximum Gasteiger partial charge on any atom is 0.251 e. The van der Waals surface area contributed by atoms with Crippen LogP contribution in [0.5, 0.6) is 0 Å². The number of fused-ring (bicyclic) bond motifs is 1. The topological polar surface area (TPSA) is 41.1 Å². The van der Waals surface area contributed by atoms with E-state index in [-0.39, 0.29) is 11.9 Å². The zero-order valence-corrected chi connectivity index (χ0v) is 12.2. The lowest BCUT2D eigenvalue weighted by atomic mass is 10.0. The molecule has 0 aromatic heterocycles. The van der Waals surface area contributed by atoms with E-state index < -0.39 is 0 Å². The summed E-state index contributed by atoms with van der Waals surface area (Å²) in [4.78, 5) is 12.3. The summed E-state index contributed by atoms with van der Waals surface area (Å²) < 4.78 is 0. The van der Waals surface area contributed by atoms with Crippen molar-refractivity contribution >= 4 is 5.91 Å². The number of hydrogen-bond acceptors (Lipinski definition) is 2. The highest BCUT2D eigenvalue weighted by Crippen LogP contribution is 2.17. The molecule has 2 aromatic rings. The smallest absolute Gasteiger partial charge is 0.251 e. The van der Waals surface area contributed by atoms with Gasteiger partial charge in [0.25, 0.3) is 5.91 Å². The molecule has 1 amide bonds. The lowest BCUT2D eigenvalue weighted by Gasteiger charge is -2.14. The fourth-order valence-corrected chi connectivity index (χ4v) is 2.76. The van der Waals surface area contributed by atoms with E-state index in [1.165, 1.54) is 16.7 Å². The monoisotopic (exact) mass is 280 g/mol. The van der Waals surface area contributed by atoms with Gasteiger partial charge in [-0.05, 0) is 42.2 Å². The van der Waals surface area contributed by atoms with Crippen LogP contribution in [0.2, 0.25) is 0 Å². The Morgan fingerprint density at radius 2 is 1.90 bits per heavy atom. The molecule has 0 bridgehead atoms. The van der Waals surface area contributed by atoms with Crippen molar-refractivity contribution in [2.24, 2.45) is 0 Å². The summed E-state index contributed by atoms with van der Waals surface area (Å²) in [7, 11) is 0. The van der Waals surface area contributed by atoms with Crippen molar-refractivity contribution in [3.05, 3.63) is 70.8 Å². The normalized spacial score (nSPS) is 14.5. The highest BCUT2D eigenvalue weighted by atomic mass is 16.1. The minimum atomic E-state index is 0.00753. The first-order chi connectivity index (χ1) is 10.2. The van der Waals surface area contributed by atoms with E-state index in [1.54, 1.807) is 0 Å². The lowest BCUT2D eigenvalue weighted by Crippen LogP contribution is -2.34. The molecule has 0 radical (unpaired) electrons. The van der Waals surface area contributed by atoms with Gasteiger partial charge >= 0.3 is 0 Å². The van der Waals surface area contributed by atoms with Crippen LogP contribution in [0.25, 0.3) is 0 Å². The SMILES string of the molecule is CC(Cc1ccccc1)NC(=O)c1ccc2c(c1)CNC2. The van der Waals surface area contributed by atoms with Crippen LogP contribution in [0, 0.1) is 0 Å². The van der Waals surface area contributed by atoms with Crippen LogP contribution in [-0.2, 0) is 19.5 Å². The van der Waals surface area contributed by atoms with Crippen LogP contribution < -0.4 is 10.6 Å². The van der Waals surface area contributed by atoms with Gasteiger partial charge in [-0.25, -0.2) is 0 Å². The number of amides is 1. The van der Waals surface area contributed by atoms with E-state index in [1.807, 2.05) is 43.3 Å². The Morgan fingerprint density at radius 3 is 2.71 bits per heavy atom. The van der Waals surface area contributed by atoms with Crippen LogP contribution in [-0.4, -0.2) is 11.9 Å². The molecule has 1 heterocycles. The predicted molar refractivity (Wildman–Crippen MR) is 84.1 cm³/mol. The van der Waals surface area contributed by atoms with Crippen molar-refractivity contribution in [1.82, 2.24) is 10.6 Å². The predicted octanol–water partition coefficient (Wildman–Crippen LogP) is 2.65. The van der Waals surface area contributed by atoms with Gasteiger partial charge in [-0.2, -0.15) is 0 Å². The third-order valence-electron chi connectivity index (χ3n) is 3.86. The van der Waals surface area contributed by atoms with Crippen molar-refractivity contribution in [3.8, 4) is 0 Å². The number of carbonyl (C=O) groups excluding carboxylic acids is 1. The summed E-state index contributed by atoms with van der Waals surface area (Å²) in [6.45, 7) is 3.80. The maximum absolute atomic E-state index is 12.3. The minimum absolute atomic E-state index is 0.00753. The van der Waals surface area contributed by atoms with Crippen molar-refractivity contribution < 1.29 is 4.79 Å². The molecular formula is C18H20N2O. The minimum Gasteiger partial charge on any atom is -0.349 e. The molecule has 3 nitrogen and oxygen atoms in total. The van der Waals surface area contributed by atoms with Gasteiger partial charge < -0.3 is 10.6 Å². The number of rotatable bonds is 4. The molecule has 3 rings (SSSR count). The van der Waals surface area contributed by atoms with Gasteiger partial charge in [-0.15, -0.1) is 0 Å². The Labute approximate surface area is 125 Å². The van der Waals surface area contributed by atoms with Gasteiger partial charge in [0.1, 0.15) is 0 Å². The average molecular weight is 280 g/mol. The van der Waals surface area contributed by atoms with E-state index in [4.69, 9.17) is 0 Å². The lowest BCUT2D eigenvalue weighted by molar-refractivity contribution is 0.0940. The summed E-state index contributed by atoms with van der Waals surface area (Å²) in [5, 5.41) is 6.37. The van der Waals surface area contributed by atoms with Crippen molar-refractivity contribution in [3.63, 3.8) is 0 Å². The molecule has 2 N–H and O–H groups in total. The van der Waals surface area contributed by atoms with E-state index in [2.05, 4.69) is 22.8 Å².